The number of aromatic amines is 1. The summed E-state index contributed by atoms with van der Waals surface area (Å²) in [5.41, 5.74) is 1.31. The normalized spacial score (nSPS) is 16.4. The third-order valence-electron chi connectivity index (χ3n) is 5.30. The highest BCUT2D eigenvalue weighted by atomic mass is 16.2. The minimum absolute atomic E-state index is 0.119. The first kappa shape index (κ1) is 17.4. The number of aromatic nitrogens is 2. The zero-order valence-corrected chi connectivity index (χ0v) is 15.3. The molecule has 1 aliphatic rings. The number of pyridine rings is 2. The van der Waals surface area contributed by atoms with Crippen molar-refractivity contribution in [1.29, 1.82) is 0 Å². The number of nitrogens with zero attached hydrogens (tertiary/aromatic N) is 3. The number of benzene rings is 1. The van der Waals surface area contributed by atoms with Crippen LogP contribution in [0.1, 0.15) is 29.0 Å². The number of carbonyl (C=O) groups is 1. The molecule has 0 spiro atoms. The molecule has 6 nitrogen and oxygen atoms in total. The summed E-state index contributed by atoms with van der Waals surface area (Å²) in [4.78, 5) is 36.2. The number of H-pyrrole nitrogens is 1. The van der Waals surface area contributed by atoms with Crippen LogP contribution in [0.2, 0.25) is 0 Å². The molecule has 3 heterocycles. The van der Waals surface area contributed by atoms with Crippen LogP contribution < -0.4 is 5.56 Å². The van der Waals surface area contributed by atoms with Crippen molar-refractivity contribution in [3.63, 3.8) is 0 Å². The second kappa shape index (κ2) is 7.32. The first-order valence-corrected chi connectivity index (χ1v) is 9.19. The topological polar surface area (TPSA) is 69.3 Å². The monoisotopic (exact) mass is 362 g/mol. The van der Waals surface area contributed by atoms with Crippen LogP contribution in [0.4, 0.5) is 0 Å². The number of hydrogen-bond donors (Lipinski definition) is 1. The van der Waals surface area contributed by atoms with Crippen LogP contribution in [0.3, 0.4) is 0 Å². The van der Waals surface area contributed by atoms with E-state index in [2.05, 4.69) is 27.9 Å². The maximum atomic E-state index is 12.9. The summed E-state index contributed by atoms with van der Waals surface area (Å²) >= 11 is 0. The molecule has 1 aliphatic heterocycles. The van der Waals surface area contributed by atoms with E-state index in [-0.39, 0.29) is 17.5 Å². The largest absolute Gasteiger partial charge is 0.335 e. The third-order valence-corrected chi connectivity index (χ3v) is 5.30. The summed E-state index contributed by atoms with van der Waals surface area (Å²) in [6.45, 7) is 5.02. The van der Waals surface area contributed by atoms with E-state index in [9.17, 15) is 9.59 Å². The lowest BCUT2D eigenvalue weighted by molar-refractivity contribution is 0.0576. The number of nitrogens with one attached hydrogen (secondary N) is 1. The molecule has 1 unspecified atom stereocenters. The number of fused-ring (bicyclic) bond motifs is 1. The van der Waals surface area contributed by atoms with Crippen molar-refractivity contribution >= 4 is 16.7 Å². The van der Waals surface area contributed by atoms with Gasteiger partial charge in [-0.25, -0.2) is 0 Å². The summed E-state index contributed by atoms with van der Waals surface area (Å²) in [5, 5.41) is 1.39. The first-order valence-electron chi connectivity index (χ1n) is 9.19. The Balaban J connectivity index is 1.47. The van der Waals surface area contributed by atoms with Gasteiger partial charge in [0, 0.05) is 50.0 Å². The van der Waals surface area contributed by atoms with Gasteiger partial charge in [-0.3, -0.25) is 19.5 Å². The standard InChI is InChI=1S/C21H22N4O2/c1-15(17-6-4-8-22-14-17)24-9-11-25(12-10-24)21(27)19-13-16-5-2-3-7-18(16)20(26)23-19/h2-8,13-15H,9-12H2,1H3,(H,23,26). The maximum Gasteiger partial charge on any atom is 0.270 e. The molecule has 1 saturated heterocycles. The molecule has 4 rings (SSSR count). The Bertz CT molecular complexity index is 1010. The number of rotatable bonds is 3. The van der Waals surface area contributed by atoms with Crippen molar-refractivity contribution in [3.8, 4) is 0 Å². The third kappa shape index (κ3) is 3.48. The van der Waals surface area contributed by atoms with Gasteiger partial charge in [-0.2, -0.15) is 0 Å². The Kier molecular flexibility index (Phi) is 4.73. The molecule has 1 atom stereocenters. The second-order valence-electron chi connectivity index (χ2n) is 6.89. The molecule has 0 aliphatic carbocycles. The highest BCUT2D eigenvalue weighted by molar-refractivity contribution is 5.96. The van der Waals surface area contributed by atoms with Gasteiger partial charge in [0.15, 0.2) is 0 Å². The predicted molar refractivity (Wildman–Crippen MR) is 105 cm³/mol. The van der Waals surface area contributed by atoms with Gasteiger partial charge in [-0.05, 0) is 36.1 Å². The van der Waals surface area contributed by atoms with Gasteiger partial charge in [0.05, 0.1) is 0 Å². The van der Waals surface area contributed by atoms with Gasteiger partial charge in [0.25, 0.3) is 11.5 Å². The highest BCUT2D eigenvalue weighted by Gasteiger charge is 2.26. The molecule has 3 aromatic rings. The molecule has 2 aromatic heterocycles. The van der Waals surface area contributed by atoms with Gasteiger partial charge >= 0.3 is 0 Å². The van der Waals surface area contributed by atoms with Crippen molar-refractivity contribution in [1.82, 2.24) is 19.8 Å². The molecule has 138 valence electrons. The number of piperazine rings is 1. The molecule has 1 aromatic carbocycles. The quantitative estimate of drug-likeness (QED) is 0.777. The van der Waals surface area contributed by atoms with E-state index in [4.69, 9.17) is 0 Å². The van der Waals surface area contributed by atoms with Gasteiger partial charge in [-0.1, -0.05) is 24.3 Å². The molecule has 27 heavy (non-hydrogen) atoms. The van der Waals surface area contributed by atoms with E-state index in [1.165, 1.54) is 5.56 Å². The second-order valence-corrected chi connectivity index (χ2v) is 6.89. The van der Waals surface area contributed by atoms with E-state index in [0.717, 1.165) is 18.5 Å². The molecule has 0 bridgehead atoms. The van der Waals surface area contributed by atoms with E-state index < -0.39 is 0 Å². The van der Waals surface area contributed by atoms with E-state index in [1.807, 2.05) is 35.4 Å². The van der Waals surface area contributed by atoms with Crippen molar-refractivity contribution in [3.05, 3.63) is 76.5 Å². The van der Waals surface area contributed by atoms with Gasteiger partial charge in [0.1, 0.15) is 5.69 Å². The fraction of sp³-hybridized carbons (Fsp3) is 0.286. The lowest BCUT2D eigenvalue weighted by atomic mass is 10.1. The van der Waals surface area contributed by atoms with Crippen molar-refractivity contribution in [2.24, 2.45) is 0 Å². The van der Waals surface area contributed by atoms with Crippen LogP contribution in [-0.2, 0) is 0 Å². The summed E-state index contributed by atoms with van der Waals surface area (Å²) in [6, 6.07) is 13.4. The summed E-state index contributed by atoms with van der Waals surface area (Å²) in [7, 11) is 0. The SMILES string of the molecule is CC(c1cccnc1)N1CCN(C(=O)c2cc3ccccc3c(=O)[nH]2)CC1. The van der Waals surface area contributed by atoms with Crippen molar-refractivity contribution in [2.45, 2.75) is 13.0 Å². The molecular formula is C21H22N4O2. The fourth-order valence-corrected chi connectivity index (χ4v) is 3.64. The predicted octanol–water partition coefficient (Wildman–Crippen LogP) is 2.44. The minimum atomic E-state index is -0.222. The zero-order valence-electron chi connectivity index (χ0n) is 15.3. The molecule has 1 amide bonds. The van der Waals surface area contributed by atoms with Crippen LogP contribution in [0.5, 0.6) is 0 Å². The summed E-state index contributed by atoms with van der Waals surface area (Å²) in [5.74, 6) is -0.119. The zero-order chi connectivity index (χ0) is 18.8. The van der Waals surface area contributed by atoms with E-state index >= 15 is 0 Å². The molecular weight excluding hydrogens is 340 g/mol. The molecule has 1 N–H and O–H groups in total. The van der Waals surface area contributed by atoms with E-state index in [0.29, 0.717) is 24.2 Å². The Morgan fingerprint density at radius 2 is 1.89 bits per heavy atom. The lowest BCUT2D eigenvalue weighted by Crippen LogP contribution is -2.49. The minimum Gasteiger partial charge on any atom is -0.335 e. The Labute approximate surface area is 157 Å². The maximum absolute atomic E-state index is 12.9. The van der Waals surface area contributed by atoms with Crippen LogP contribution in [0.25, 0.3) is 10.8 Å². The van der Waals surface area contributed by atoms with Crippen LogP contribution in [-0.4, -0.2) is 51.9 Å². The average molecular weight is 362 g/mol. The van der Waals surface area contributed by atoms with Crippen LogP contribution >= 0.6 is 0 Å². The summed E-state index contributed by atoms with van der Waals surface area (Å²) in [6.07, 6.45) is 3.67. The van der Waals surface area contributed by atoms with Crippen LogP contribution in [0, 0.1) is 0 Å². The molecule has 1 fully saturated rings. The smallest absolute Gasteiger partial charge is 0.270 e. The molecule has 6 heteroatoms. The number of hydrogen-bond acceptors (Lipinski definition) is 4. The van der Waals surface area contributed by atoms with Gasteiger partial charge in [0.2, 0.25) is 0 Å². The van der Waals surface area contributed by atoms with E-state index in [1.54, 1.807) is 18.3 Å². The number of carbonyl (C=O) groups excluding carboxylic acids is 1. The van der Waals surface area contributed by atoms with Crippen molar-refractivity contribution in [2.75, 3.05) is 26.2 Å². The van der Waals surface area contributed by atoms with Crippen molar-refractivity contribution < 1.29 is 4.79 Å². The highest BCUT2D eigenvalue weighted by Crippen LogP contribution is 2.21. The summed E-state index contributed by atoms with van der Waals surface area (Å²) < 4.78 is 0. The molecule has 0 saturated carbocycles. The van der Waals surface area contributed by atoms with Gasteiger partial charge in [-0.15, -0.1) is 0 Å². The Hall–Kier alpha value is -2.99. The Morgan fingerprint density at radius 1 is 1.11 bits per heavy atom. The Morgan fingerprint density at radius 3 is 2.63 bits per heavy atom. The average Bonchev–Trinajstić information content (AvgIpc) is 2.73. The van der Waals surface area contributed by atoms with Gasteiger partial charge < -0.3 is 9.88 Å². The number of amides is 1. The lowest BCUT2D eigenvalue weighted by Gasteiger charge is -2.38. The molecule has 0 radical (unpaired) electrons. The van der Waals surface area contributed by atoms with Crippen LogP contribution in [0.15, 0.2) is 59.7 Å². The fourth-order valence-electron chi connectivity index (χ4n) is 3.64. The first-order chi connectivity index (χ1) is 13.1.